The lowest BCUT2D eigenvalue weighted by atomic mass is 9.63. The maximum atomic E-state index is 15.0. The Kier molecular flexibility index (Phi) is 9.83. The number of aryl methyl sites for hydroxylation is 1. The molecule has 8 nitrogen and oxygen atoms in total. The van der Waals surface area contributed by atoms with E-state index in [9.17, 15) is 5.11 Å². The number of carbonyl (C=O) groups is 1. The van der Waals surface area contributed by atoms with Gasteiger partial charge < -0.3 is 19.5 Å². The number of ether oxygens (including phenoxy) is 2. The predicted molar refractivity (Wildman–Crippen MR) is 210 cm³/mol. The van der Waals surface area contributed by atoms with Crippen molar-refractivity contribution in [1.29, 1.82) is 0 Å². The molecule has 7 rings (SSSR count). The van der Waals surface area contributed by atoms with Crippen molar-refractivity contribution in [2.45, 2.75) is 63.5 Å². The Bertz CT molecular complexity index is 1980. The topological polar surface area (TPSA) is 89.7 Å². The van der Waals surface area contributed by atoms with Crippen LogP contribution in [0.25, 0.3) is 0 Å². The molecule has 0 saturated carbocycles. The minimum atomic E-state index is -1.16. The molecule has 1 spiro atoms. The molecule has 258 valence electrons. The first-order valence-corrected chi connectivity index (χ1v) is 19.0. The van der Waals surface area contributed by atoms with Crippen molar-refractivity contribution in [3.63, 3.8) is 0 Å². The van der Waals surface area contributed by atoms with Crippen LogP contribution >= 0.6 is 45.2 Å². The van der Waals surface area contributed by atoms with Crippen molar-refractivity contribution < 1.29 is 19.4 Å². The molecule has 0 aliphatic carbocycles. The summed E-state index contributed by atoms with van der Waals surface area (Å²) in [6.07, 6.45) is 1.24. The van der Waals surface area contributed by atoms with E-state index in [-0.39, 0.29) is 29.3 Å². The lowest BCUT2D eigenvalue weighted by Gasteiger charge is -2.38. The Hall–Kier alpha value is -3.33. The molecule has 5 aromatic rings. The number of hydrogen-bond acceptors (Lipinski definition) is 6. The van der Waals surface area contributed by atoms with E-state index in [2.05, 4.69) is 131 Å². The molecule has 0 bridgehead atoms. The van der Waals surface area contributed by atoms with Gasteiger partial charge in [-0.25, -0.2) is 0 Å². The van der Waals surface area contributed by atoms with Gasteiger partial charge in [0.25, 0.3) is 5.91 Å². The zero-order chi connectivity index (χ0) is 35.2. The van der Waals surface area contributed by atoms with Gasteiger partial charge in [0.2, 0.25) is 0 Å². The van der Waals surface area contributed by atoms with E-state index in [1.54, 1.807) is 18.0 Å². The zero-order valence-corrected chi connectivity index (χ0v) is 32.8. The molecule has 0 unspecified atom stereocenters. The standard InChI is InChI=1S/C40H40I2N4O4/c1-25-36(39(2,3)28-12-17-31(49-4)18-13-28)35(20-21-45-24-33(43-44-45)37(47)27-8-6-5-7-9-27)50-40(25)32-22-30(42)16-19-34(32)46(38(40)48)23-26-10-14-29(41)15-11-26/h5-19,22,24-25,35-37,47H,20-21,23H2,1-4H3/t25-,35+,36-,37+,40+/m0/s1. The average molecular weight is 895 g/mol. The third kappa shape index (κ3) is 6.26. The van der Waals surface area contributed by atoms with E-state index in [1.165, 1.54) is 0 Å². The van der Waals surface area contributed by atoms with Gasteiger partial charge >= 0.3 is 0 Å². The highest BCUT2D eigenvalue weighted by Crippen LogP contribution is 2.60. The number of benzene rings is 4. The van der Waals surface area contributed by atoms with E-state index in [4.69, 9.17) is 9.47 Å². The minimum absolute atomic E-state index is 0.0207. The van der Waals surface area contributed by atoms with E-state index in [1.807, 2.05) is 47.4 Å². The van der Waals surface area contributed by atoms with Crippen LogP contribution in [0.2, 0.25) is 0 Å². The fourth-order valence-electron chi connectivity index (χ4n) is 8.10. The number of aromatic nitrogens is 3. The second kappa shape index (κ2) is 14.0. The molecule has 0 radical (unpaired) electrons. The largest absolute Gasteiger partial charge is 0.497 e. The Labute approximate surface area is 320 Å². The first-order valence-electron chi connectivity index (χ1n) is 16.8. The molecule has 1 amide bonds. The number of aliphatic hydroxyl groups excluding tert-OH is 1. The van der Waals surface area contributed by atoms with Gasteiger partial charge in [-0.05, 0) is 116 Å². The van der Waals surface area contributed by atoms with Gasteiger partial charge in [-0.2, -0.15) is 0 Å². The normalized spacial score (nSPS) is 22.3. The molecule has 2 aliphatic heterocycles. The third-order valence-electron chi connectivity index (χ3n) is 10.6. The summed E-state index contributed by atoms with van der Waals surface area (Å²) in [4.78, 5) is 16.9. The average Bonchev–Trinajstić information content (AvgIpc) is 3.79. The number of nitrogens with zero attached hydrogens (tertiary/aromatic N) is 4. The molecule has 1 saturated heterocycles. The predicted octanol–water partition coefficient (Wildman–Crippen LogP) is 8.04. The van der Waals surface area contributed by atoms with Crippen LogP contribution in [-0.2, 0) is 33.6 Å². The van der Waals surface area contributed by atoms with Crippen molar-refractivity contribution in [2.75, 3.05) is 12.0 Å². The maximum absolute atomic E-state index is 15.0. The summed E-state index contributed by atoms with van der Waals surface area (Å²) in [5.74, 6) is 0.574. The summed E-state index contributed by atoms with van der Waals surface area (Å²) in [6, 6.07) is 32.3. The fraction of sp³-hybridized carbons (Fsp3) is 0.325. The molecule has 4 aromatic carbocycles. The molecular weight excluding hydrogens is 854 g/mol. The quantitative estimate of drug-likeness (QED) is 0.143. The van der Waals surface area contributed by atoms with Gasteiger partial charge in [0, 0.05) is 31.1 Å². The Morgan fingerprint density at radius 3 is 2.38 bits per heavy atom. The van der Waals surface area contributed by atoms with E-state index in [0.717, 1.165) is 40.8 Å². The summed E-state index contributed by atoms with van der Waals surface area (Å²) < 4.78 is 16.7. The SMILES string of the molecule is COc1ccc(C(C)(C)[C@@H]2[C@@H](CCn3cc([C@H](O)c4ccccc4)nn3)O[C@]3(C(=O)N(Cc4ccc(I)cc4)c4ccc(I)cc43)[C@H]2C)cc1. The lowest BCUT2D eigenvalue weighted by Crippen LogP contribution is -2.45. The summed E-state index contributed by atoms with van der Waals surface area (Å²) in [5, 5.41) is 19.7. The molecule has 2 aliphatic rings. The molecule has 1 fully saturated rings. The van der Waals surface area contributed by atoms with Gasteiger partial charge in [0.15, 0.2) is 5.60 Å². The Morgan fingerprint density at radius 2 is 1.68 bits per heavy atom. The number of methoxy groups -OCH3 is 1. The molecule has 10 heteroatoms. The van der Waals surface area contributed by atoms with Crippen molar-refractivity contribution in [1.82, 2.24) is 15.0 Å². The summed E-state index contributed by atoms with van der Waals surface area (Å²) >= 11 is 4.64. The molecule has 1 N–H and O–H groups in total. The summed E-state index contributed by atoms with van der Waals surface area (Å²) in [6.45, 7) is 7.68. The minimum Gasteiger partial charge on any atom is -0.497 e. The smallest absolute Gasteiger partial charge is 0.264 e. The number of rotatable bonds is 10. The van der Waals surface area contributed by atoms with Gasteiger partial charge in [0.1, 0.15) is 17.5 Å². The molecular formula is C40H40I2N4O4. The van der Waals surface area contributed by atoms with Gasteiger partial charge in [0.05, 0.1) is 31.6 Å². The Balaban J connectivity index is 1.25. The second-order valence-electron chi connectivity index (χ2n) is 13.8. The highest BCUT2D eigenvalue weighted by Gasteiger charge is 2.65. The van der Waals surface area contributed by atoms with Crippen molar-refractivity contribution in [2.24, 2.45) is 11.8 Å². The van der Waals surface area contributed by atoms with E-state index >= 15 is 4.79 Å². The highest BCUT2D eigenvalue weighted by molar-refractivity contribution is 14.1. The molecule has 5 atom stereocenters. The van der Waals surface area contributed by atoms with Crippen LogP contribution in [0.1, 0.15) is 61.2 Å². The molecule has 1 aromatic heterocycles. The number of hydrogen-bond donors (Lipinski definition) is 1. The Morgan fingerprint density at radius 1 is 0.980 bits per heavy atom. The van der Waals surface area contributed by atoms with E-state index in [0.29, 0.717) is 25.2 Å². The van der Waals surface area contributed by atoms with E-state index < -0.39 is 11.7 Å². The number of anilines is 1. The van der Waals surface area contributed by atoms with Crippen LogP contribution in [-0.4, -0.2) is 39.2 Å². The number of amides is 1. The zero-order valence-electron chi connectivity index (χ0n) is 28.5. The van der Waals surface area contributed by atoms with Gasteiger partial charge in [-0.3, -0.25) is 9.48 Å². The number of carbonyl (C=O) groups excluding carboxylic acids is 1. The van der Waals surface area contributed by atoms with Crippen LogP contribution in [0.15, 0.2) is 103 Å². The summed E-state index contributed by atoms with van der Waals surface area (Å²) in [5.41, 5.74) is 3.77. The summed E-state index contributed by atoms with van der Waals surface area (Å²) in [7, 11) is 1.67. The second-order valence-corrected chi connectivity index (χ2v) is 16.3. The van der Waals surface area contributed by atoms with Crippen molar-refractivity contribution >= 4 is 56.8 Å². The fourth-order valence-corrected chi connectivity index (χ4v) is 8.95. The van der Waals surface area contributed by atoms with Crippen LogP contribution in [0.3, 0.4) is 0 Å². The van der Waals surface area contributed by atoms with Gasteiger partial charge in [-0.15, -0.1) is 5.10 Å². The van der Waals surface area contributed by atoms with Gasteiger partial charge in [-0.1, -0.05) is 80.6 Å². The first kappa shape index (κ1) is 35.1. The van der Waals surface area contributed by atoms with Crippen LogP contribution < -0.4 is 9.64 Å². The lowest BCUT2D eigenvalue weighted by molar-refractivity contribution is -0.146. The first-order chi connectivity index (χ1) is 24.0. The molecule has 3 heterocycles. The molecule has 50 heavy (non-hydrogen) atoms. The van der Waals surface area contributed by atoms with Crippen LogP contribution in [0, 0.1) is 19.0 Å². The monoisotopic (exact) mass is 894 g/mol. The van der Waals surface area contributed by atoms with Crippen LogP contribution in [0.5, 0.6) is 5.75 Å². The number of aliphatic hydroxyl groups is 1. The van der Waals surface area contributed by atoms with Crippen LogP contribution in [0.4, 0.5) is 5.69 Å². The number of halogens is 2. The van der Waals surface area contributed by atoms with Crippen molar-refractivity contribution in [3.05, 3.63) is 138 Å². The van der Waals surface area contributed by atoms with Crippen molar-refractivity contribution in [3.8, 4) is 5.75 Å². The third-order valence-corrected chi connectivity index (χ3v) is 12.0. The maximum Gasteiger partial charge on any atom is 0.264 e. The number of fused-ring (bicyclic) bond motifs is 2. The highest BCUT2D eigenvalue weighted by atomic mass is 127.